The molecule has 0 unspecified atom stereocenters. The van der Waals surface area contributed by atoms with E-state index in [9.17, 15) is 0 Å². The van der Waals surface area contributed by atoms with Crippen molar-refractivity contribution >= 4 is 28.6 Å². The second kappa shape index (κ2) is 3.49. The maximum Gasteiger partial charge on any atom is 0.207 e. The third-order valence-corrected chi connectivity index (χ3v) is 2.90. The molecule has 0 fully saturated rings. The van der Waals surface area contributed by atoms with Gasteiger partial charge in [0, 0.05) is 19.3 Å². The first-order chi connectivity index (χ1) is 8.16. The van der Waals surface area contributed by atoms with Gasteiger partial charge in [0.15, 0.2) is 5.82 Å². The Labute approximate surface area is 102 Å². The topological polar surface area (TPSA) is 61.7 Å². The summed E-state index contributed by atoms with van der Waals surface area (Å²) in [5.41, 5.74) is 7.45. The predicted octanol–water partition coefficient (Wildman–Crippen LogP) is 1.99. The molecule has 0 aliphatic carbocycles. The number of hydrogen-bond acceptors (Lipinski definition) is 3. The molecule has 3 aromatic rings. The van der Waals surface area contributed by atoms with Gasteiger partial charge in [0.25, 0.3) is 0 Å². The highest BCUT2D eigenvalue weighted by Gasteiger charge is 2.13. The molecule has 2 N–H and O–H groups in total. The first kappa shape index (κ1) is 10.2. The summed E-state index contributed by atoms with van der Waals surface area (Å²) in [7, 11) is 1.85. The van der Waals surface area contributed by atoms with Crippen LogP contribution in [0, 0.1) is 0 Å². The van der Waals surface area contributed by atoms with Crippen molar-refractivity contribution in [3.05, 3.63) is 35.5 Å². The number of anilines is 1. The Morgan fingerprint density at radius 2 is 2.12 bits per heavy atom. The first-order valence-corrected chi connectivity index (χ1v) is 5.47. The van der Waals surface area contributed by atoms with Gasteiger partial charge >= 0.3 is 0 Å². The highest BCUT2D eigenvalue weighted by atomic mass is 35.5. The molecule has 0 aliphatic rings. The average Bonchev–Trinajstić information content (AvgIpc) is 2.82. The summed E-state index contributed by atoms with van der Waals surface area (Å²) in [6.07, 6.45) is 1.85. The number of nitrogens with zero attached hydrogens (tertiary/aromatic N) is 4. The molecule has 0 saturated heterocycles. The van der Waals surface area contributed by atoms with Gasteiger partial charge in [-0.15, -0.1) is 0 Å². The monoisotopic (exact) mass is 247 g/mol. The number of imidazole rings is 1. The van der Waals surface area contributed by atoms with Crippen LogP contribution in [0.3, 0.4) is 0 Å². The number of nitrogens with two attached hydrogens (primary N) is 1. The number of aromatic nitrogens is 4. The second-order valence-electron chi connectivity index (χ2n) is 3.76. The van der Waals surface area contributed by atoms with E-state index in [4.69, 9.17) is 17.3 Å². The van der Waals surface area contributed by atoms with Gasteiger partial charge in [-0.25, -0.2) is 4.98 Å². The molecule has 5 nitrogen and oxygen atoms in total. The Morgan fingerprint density at radius 3 is 2.82 bits per heavy atom. The summed E-state index contributed by atoms with van der Waals surface area (Å²) < 4.78 is 3.49. The van der Waals surface area contributed by atoms with Crippen molar-refractivity contribution in [1.82, 2.24) is 19.3 Å². The smallest absolute Gasteiger partial charge is 0.207 e. The van der Waals surface area contributed by atoms with Crippen LogP contribution in [-0.4, -0.2) is 19.3 Å². The summed E-state index contributed by atoms with van der Waals surface area (Å²) in [6.45, 7) is 0. The van der Waals surface area contributed by atoms with E-state index < -0.39 is 0 Å². The van der Waals surface area contributed by atoms with Crippen molar-refractivity contribution in [2.45, 2.75) is 0 Å². The zero-order chi connectivity index (χ0) is 12.0. The van der Waals surface area contributed by atoms with Crippen LogP contribution >= 0.6 is 11.6 Å². The van der Waals surface area contributed by atoms with Crippen LogP contribution < -0.4 is 5.73 Å². The van der Waals surface area contributed by atoms with Gasteiger partial charge in [0.2, 0.25) is 5.95 Å². The summed E-state index contributed by atoms with van der Waals surface area (Å²) in [5, 5.41) is 4.90. The van der Waals surface area contributed by atoms with E-state index in [-0.39, 0.29) is 0 Å². The first-order valence-electron chi connectivity index (χ1n) is 5.09. The molecule has 2 heterocycles. The van der Waals surface area contributed by atoms with E-state index >= 15 is 0 Å². The Balaban J connectivity index is 2.36. The minimum Gasteiger partial charge on any atom is -0.369 e. The second-order valence-corrected chi connectivity index (χ2v) is 4.17. The molecular formula is C11H10ClN5. The lowest BCUT2D eigenvalue weighted by Gasteiger charge is -2.01. The van der Waals surface area contributed by atoms with E-state index in [1.165, 1.54) is 0 Å². The molecule has 17 heavy (non-hydrogen) atoms. The highest BCUT2D eigenvalue weighted by molar-refractivity contribution is 6.35. The fourth-order valence-electron chi connectivity index (χ4n) is 1.85. The van der Waals surface area contributed by atoms with Crippen LogP contribution in [-0.2, 0) is 7.05 Å². The largest absolute Gasteiger partial charge is 0.369 e. The minimum absolute atomic E-state index is 0.381. The molecular weight excluding hydrogens is 238 g/mol. The highest BCUT2D eigenvalue weighted by Crippen LogP contribution is 2.27. The van der Waals surface area contributed by atoms with Gasteiger partial charge in [-0.05, 0) is 12.1 Å². The Kier molecular flexibility index (Phi) is 2.09. The average molecular weight is 248 g/mol. The standard InChI is InChI=1S/C11H10ClN5/c1-16-6-5-9(15-16)17-8-4-2-3-7(12)10(8)14-11(17)13/h2-6H,1H3,(H2,13,14). The van der Waals surface area contributed by atoms with Gasteiger partial charge in [0.1, 0.15) is 5.52 Å². The lowest BCUT2D eigenvalue weighted by molar-refractivity contribution is 0.754. The maximum atomic E-state index is 6.08. The van der Waals surface area contributed by atoms with E-state index in [2.05, 4.69) is 10.1 Å². The van der Waals surface area contributed by atoms with Crippen LogP contribution in [0.15, 0.2) is 30.5 Å². The van der Waals surface area contributed by atoms with Gasteiger partial charge in [-0.2, -0.15) is 5.10 Å². The summed E-state index contributed by atoms with van der Waals surface area (Å²) in [5.74, 6) is 1.11. The van der Waals surface area contributed by atoms with Gasteiger partial charge < -0.3 is 5.73 Å². The normalized spacial score (nSPS) is 11.2. The number of aryl methyl sites for hydroxylation is 1. The van der Waals surface area contributed by atoms with Crippen LogP contribution in [0.4, 0.5) is 5.95 Å². The molecule has 0 aliphatic heterocycles. The fraction of sp³-hybridized carbons (Fsp3) is 0.0909. The van der Waals surface area contributed by atoms with Gasteiger partial charge in [0.05, 0.1) is 10.5 Å². The van der Waals surface area contributed by atoms with Crippen molar-refractivity contribution in [2.75, 3.05) is 5.73 Å². The van der Waals surface area contributed by atoms with Crippen molar-refractivity contribution in [3.8, 4) is 5.82 Å². The molecule has 0 bridgehead atoms. The summed E-state index contributed by atoms with van der Waals surface area (Å²) in [6, 6.07) is 7.45. The van der Waals surface area contributed by atoms with Crippen LogP contribution in [0.5, 0.6) is 0 Å². The number of hydrogen-bond donors (Lipinski definition) is 1. The third kappa shape index (κ3) is 1.47. The number of benzene rings is 1. The zero-order valence-electron chi connectivity index (χ0n) is 9.13. The van der Waals surface area contributed by atoms with Crippen molar-refractivity contribution in [1.29, 1.82) is 0 Å². The molecule has 0 atom stereocenters. The quantitative estimate of drug-likeness (QED) is 0.715. The van der Waals surface area contributed by atoms with Crippen LogP contribution in [0.25, 0.3) is 16.9 Å². The third-order valence-electron chi connectivity index (χ3n) is 2.59. The zero-order valence-corrected chi connectivity index (χ0v) is 9.89. The molecule has 0 saturated carbocycles. The number of nitrogen functional groups attached to an aromatic ring is 1. The summed E-state index contributed by atoms with van der Waals surface area (Å²) >= 11 is 6.08. The Hall–Kier alpha value is -2.01. The Bertz CT molecular complexity index is 697. The number of fused-ring (bicyclic) bond motifs is 1. The molecule has 0 spiro atoms. The summed E-state index contributed by atoms with van der Waals surface area (Å²) in [4.78, 5) is 4.26. The number of rotatable bonds is 1. The van der Waals surface area contributed by atoms with Crippen LogP contribution in [0.2, 0.25) is 5.02 Å². The SMILES string of the molecule is Cn1ccc(-n2c(N)nc3c(Cl)cccc32)n1. The predicted molar refractivity (Wildman–Crippen MR) is 67.3 cm³/mol. The molecule has 2 aromatic heterocycles. The maximum absolute atomic E-state index is 6.08. The molecule has 6 heteroatoms. The van der Waals surface area contributed by atoms with Gasteiger partial charge in [-0.3, -0.25) is 9.25 Å². The lowest BCUT2D eigenvalue weighted by atomic mass is 10.3. The number of halogens is 1. The Morgan fingerprint density at radius 1 is 1.29 bits per heavy atom. The van der Waals surface area contributed by atoms with E-state index in [1.54, 1.807) is 15.3 Å². The van der Waals surface area contributed by atoms with E-state index in [1.807, 2.05) is 31.4 Å². The van der Waals surface area contributed by atoms with E-state index in [0.717, 1.165) is 11.3 Å². The van der Waals surface area contributed by atoms with Crippen molar-refractivity contribution in [2.24, 2.45) is 7.05 Å². The van der Waals surface area contributed by atoms with E-state index in [0.29, 0.717) is 16.5 Å². The van der Waals surface area contributed by atoms with Crippen molar-refractivity contribution < 1.29 is 0 Å². The minimum atomic E-state index is 0.381. The van der Waals surface area contributed by atoms with Gasteiger partial charge in [-0.1, -0.05) is 17.7 Å². The molecule has 86 valence electrons. The molecule has 0 amide bonds. The molecule has 0 radical (unpaired) electrons. The fourth-order valence-corrected chi connectivity index (χ4v) is 2.06. The van der Waals surface area contributed by atoms with Crippen molar-refractivity contribution in [3.63, 3.8) is 0 Å². The number of para-hydroxylation sites is 1. The van der Waals surface area contributed by atoms with Crippen LogP contribution in [0.1, 0.15) is 0 Å². The lowest BCUT2D eigenvalue weighted by Crippen LogP contribution is -2.02. The molecule has 3 rings (SSSR count). The molecule has 1 aromatic carbocycles.